The van der Waals surface area contributed by atoms with Crippen molar-refractivity contribution in [1.82, 2.24) is 0 Å². The van der Waals surface area contributed by atoms with Crippen molar-refractivity contribution in [1.29, 1.82) is 0 Å². The molecular weight excluding hydrogens is 379 g/mol. The number of hydrogen-bond acceptors (Lipinski definition) is 6. The highest BCUT2D eigenvalue weighted by atomic mass is 31.2. The molecule has 0 aromatic heterocycles. The van der Waals surface area contributed by atoms with E-state index < -0.39 is 8.60 Å². The molecule has 6 nitrogen and oxygen atoms in total. The van der Waals surface area contributed by atoms with Crippen molar-refractivity contribution >= 4 is 8.60 Å². The molecule has 0 aliphatic rings. The molecular formula is C21H27O6P. The predicted molar refractivity (Wildman–Crippen MR) is 112 cm³/mol. The minimum Gasteiger partial charge on any atom is -0.508 e. The van der Waals surface area contributed by atoms with Crippen LogP contribution in [0.4, 0.5) is 0 Å². The maximum atomic E-state index is 8.76. The van der Waals surface area contributed by atoms with E-state index in [2.05, 4.69) is 0 Å². The van der Waals surface area contributed by atoms with Gasteiger partial charge in [-0.25, -0.2) is 0 Å². The van der Waals surface area contributed by atoms with E-state index in [1.807, 2.05) is 57.2 Å². The van der Waals surface area contributed by atoms with Crippen molar-refractivity contribution in [2.75, 3.05) is 0 Å². The quantitative estimate of drug-likeness (QED) is 0.310. The molecule has 7 heteroatoms. The summed E-state index contributed by atoms with van der Waals surface area (Å²) in [7, 11) is -2.62. The summed E-state index contributed by atoms with van der Waals surface area (Å²) < 4.78 is 0. The van der Waals surface area contributed by atoms with E-state index in [-0.39, 0.29) is 0 Å². The van der Waals surface area contributed by atoms with Gasteiger partial charge in [0.2, 0.25) is 0 Å². The molecule has 0 fully saturated rings. The summed E-state index contributed by atoms with van der Waals surface area (Å²) in [5.74, 6) is 0.988. The van der Waals surface area contributed by atoms with Gasteiger partial charge >= 0.3 is 8.60 Å². The molecule has 0 radical (unpaired) electrons. The summed E-state index contributed by atoms with van der Waals surface area (Å²) in [6, 6.07) is 21.3. The van der Waals surface area contributed by atoms with Gasteiger partial charge in [-0.2, -0.15) is 0 Å². The number of benzene rings is 3. The van der Waals surface area contributed by atoms with E-state index in [9.17, 15) is 0 Å². The van der Waals surface area contributed by atoms with Crippen LogP contribution in [0.1, 0.15) is 16.7 Å². The third-order valence-corrected chi connectivity index (χ3v) is 3.10. The first-order valence-corrected chi connectivity index (χ1v) is 9.43. The molecule has 0 aliphatic heterocycles. The van der Waals surface area contributed by atoms with Gasteiger partial charge in [0.25, 0.3) is 0 Å². The lowest BCUT2D eigenvalue weighted by atomic mass is 10.2. The fourth-order valence-corrected chi connectivity index (χ4v) is 1.63. The van der Waals surface area contributed by atoms with Gasteiger partial charge in [-0.1, -0.05) is 53.1 Å². The Bertz CT molecular complexity index is 587. The Labute approximate surface area is 166 Å². The monoisotopic (exact) mass is 406 g/mol. The maximum Gasteiger partial charge on any atom is 0.324 e. The Morgan fingerprint density at radius 3 is 0.679 bits per heavy atom. The molecule has 0 saturated heterocycles. The zero-order valence-electron chi connectivity index (χ0n) is 16.1. The van der Waals surface area contributed by atoms with E-state index >= 15 is 0 Å². The van der Waals surface area contributed by atoms with Crippen molar-refractivity contribution in [2.45, 2.75) is 20.8 Å². The van der Waals surface area contributed by atoms with Gasteiger partial charge in [0.05, 0.1) is 0 Å². The van der Waals surface area contributed by atoms with Crippen molar-refractivity contribution in [3.63, 3.8) is 0 Å². The molecule has 6 N–H and O–H groups in total. The predicted octanol–water partition coefficient (Wildman–Crippen LogP) is 4.29. The van der Waals surface area contributed by atoms with Crippen molar-refractivity contribution in [3.05, 3.63) is 89.5 Å². The minimum absolute atomic E-state index is 0.329. The molecule has 0 aliphatic carbocycles. The summed E-state index contributed by atoms with van der Waals surface area (Å²) >= 11 is 0. The van der Waals surface area contributed by atoms with Crippen LogP contribution in [0.3, 0.4) is 0 Å². The smallest absolute Gasteiger partial charge is 0.324 e. The molecule has 28 heavy (non-hydrogen) atoms. The highest BCUT2D eigenvalue weighted by Crippen LogP contribution is 2.11. The Hall–Kier alpha value is -2.63. The van der Waals surface area contributed by atoms with Crippen LogP contribution in [0, 0.1) is 20.8 Å². The number of phenols is 3. The van der Waals surface area contributed by atoms with Gasteiger partial charge in [0.15, 0.2) is 0 Å². The zero-order chi connectivity index (χ0) is 21.5. The molecule has 3 aromatic carbocycles. The van der Waals surface area contributed by atoms with Crippen LogP contribution < -0.4 is 0 Å². The summed E-state index contributed by atoms with van der Waals surface area (Å²) in [6.07, 6.45) is 0. The number of phenolic OH excluding ortho intramolecular Hbond substituents is 3. The summed E-state index contributed by atoms with van der Waals surface area (Å²) in [4.78, 5) is 21.7. The second-order valence-corrected chi connectivity index (χ2v) is 6.31. The normalized spacial score (nSPS) is 9.11. The Kier molecular flexibility index (Phi) is 13.1. The average molecular weight is 406 g/mol. The number of aromatic hydroxyl groups is 3. The van der Waals surface area contributed by atoms with Crippen LogP contribution in [0.2, 0.25) is 0 Å². The molecule has 0 amide bonds. The number of hydrogen-bond donors (Lipinski definition) is 6. The van der Waals surface area contributed by atoms with Crippen LogP contribution >= 0.6 is 8.60 Å². The van der Waals surface area contributed by atoms with Gasteiger partial charge in [0, 0.05) is 0 Å². The molecule has 0 heterocycles. The Morgan fingerprint density at radius 1 is 0.429 bits per heavy atom. The number of rotatable bonds is 0. The highest BCUT2D eigenvalue weighted by molar-refractivity contribution is 7.38. The molecule has 0 saturated carbocycles. The second-order valence-electron chi connectivity index (χ2n) is 5.77. The molecule has 152 valence electrons. The number of aryl methyl sites for hydroxylation is 3. The zero-order valence-corrected chi connectivity index (χ0v) is 17.0. The summed E-state index contributed by atoms with van der Waals surface area (Å²) in [5.41, 5.74) is 3.51. The van der Waals surface area contributed by atoms with Gasteiger partial charge in [0.1, 0.15) is 17.2 Å². The fourth-order valence-electron chi connectivity index (χ4n) is 1.63. The van der Waals surface area contributed by atoms with Crippen molar-refractivity contribution < 1.29 is 30.0 Å². The van der Waals surface area contributed by atoms with Crippen molar-refractivity contribution in [3.8, 4) is 17.2 Å². The van der Waals surface area contributed by atoms with E-state index in [0.29, 0.717) is 17.2 Å². The topological polar surface area (TPSA) is 121 Å². The van der Waals surface area contributed by atoms with Gasteiger partial charge in [-0.05, 0) is 57.2 Å². The average Bonchev–Trinajstić information content (AvgIpc) is 2.63. The van der Waals surface area contributed by atoms with E-state index in [1.165, 1.54) is 16.7 Å². The van der Waals surface area contributed by atoms with Crippen LogP contribution in [-0.2, 0) is 0 Å². The molecule has 0 bridgehead atoms. The third kappa shape index (κ3) is 15.6. The van der Waals surface area contributed by atoms with Gasteiger partial charge in [-0.3, -0.25) is 0 Å². The van der Waals surface area contributed by atoms with Crippen LogP contribution in [-0.4, -0.2) is 30.0 Å². The van der Waals surface area contributed by atoms with E-state index in [0.717, 1.165) is 0 Å². The molecule has 3 aromatic rings. The fraction of sp³-hybridized carbons (Fsp3) is 0.143. The lowest BCUT2D eigenvalue weighted by Gasteiger charge is -1.89. The summed E-state index contributed by atoms with van der Waals surface area (Å²) in [5, 5.41) is 26.3. The Balaban J connectivity index is 0.000000358. The molecule has 3 rings (SSSR count). The Morgan fingerprint density at radius 2 is 0.571 bits per heavy atom. The lowest BCUT2D eigenvalue weighted by molar-refractivity contribution is 0.368. The largest absolute Gasteiger partial charge is 0.508 e. The summed E-state index contributed by atoms with van der Waals surface area (Å²) in [6.45, 7) is 5.96. The highest BCUT2D eigenvalue weighted by Gasteiger charge is 1.83. The van der Waals surface area contributed by atoms with Crippen LogP contribution in [0.5, 0.6) is 17.2 Å². The first kappa shape index (κ1) is 25.4. The second kappa shape index (κ2) is 14.4. The van der Waals surface area contributed by atoms with E-state index in [4.69, 9.17) is 30.0 Å². The van der Waals surface area contributed by atoms with Crippen LogP contribution in [0.25, 0.3) is 0 Å². The SMILES string of the molecule is Cc1ccc(O)cc1.Cc1ccc(O)cc1.Cc1ccc(O)cc1.OP(O)O. The first-order valence-electron chi connectivity index (χ1n) is 8.23. The lowest BCUT2D eigenvalue weighted by Crippen LogP contribution is -1.66. The standard InChI is InChI=1S/3C7H8O.H3O3P/c3*1-6-2-4-7(8)5-3-6;1-4(2)3/h3*2-5,8H,1H3;1-3H. The van der Waals surface area contributed by atoms with Crippen molar-refractivity contribution in [2.24, 2.45) is 0 Å². The van der Waals surface area contributed by atoms with Gasteiger partial charge in [-0.15, -0.1) is 0 Å². The maximum absolute atomic E-state index is 8.76. The van der Waals surface area contributed by atoms with Crippen LogP contribution in [0.15, 0.2) is 72.8 Å². The minimum atomic E-state index is -2.62. The van der Waals surface area contributed by atoms with E-state index in [1.54, 1.807) is 36.4 Å². The first-order chi connectivity index (χ1) is 13.1. The van der Waals surface area contributed by atoms with Gasteiger partial charge < -0.3 is 30.0 Å². The molecule has 0 spiro atoms. The molecule has 0 atom stereocenters. The molecule has 0 unspecified atom stereocenters. The third-order valence-electron chi connectivity index (χ3n) is 3.10.